The van der Waals surface area contributed by atoms with E-state index in [2.05, 4.69) is 9.88 Å². The van der Waals surface area contributed by atoms with Crippen molar-refractivity contribution >= 4 is 26.9 Å². The Kier molecular flexibility index (Phi) is 4.31. The Balaban J connectivity index is 1.33. The highest BCUT2D eigenvalue weighted by atomic mass is 32.2. The van der Waals surface area contributed by atoms with Gasteiger partial charge in [0, 0.05) is 31.5 Å². The van der Waals surface area contributed by atoms with E-state index in [0.717, 1.165) is 29.7 Å². The van der Waals surface area contributed by atoms with Crippen LogP contribution in [0.3, 0.4) is 0 Å². The number of sulfonamides is 1. The van der Waals surface area contributed by atoms with Crippen molar-refractivity contribution in [2.24, 2.45) is 0 Å². The Hall–Kier alpha value is -2.55. The maximum atomic E-state index is 13.4. The van der Waals surface area contributed by atoms with Gasteiger partial charge < -0.3 is 9.64 Å². The average Bonchev–Trinajstić information content (AvgIpc) is 3.32. The zero-order chi connectivity index (χ0) is 21.1. The van der Waals surface area contributed by atoms with Crippen LogP contribution < -0.4 is 4.90 Å². The van der Waals surface area contributed by atoms with Crippen LogP contribution in [0.15, 0.2) is 65.7 Å². The molecule has 3 fully saturated rings. The Morgan fingerprint density at radius 2 is 1.61 bits per heavy atom. The highest BCUT2D eigenvalue weighted by Gasteiger charge is 2.57. The molecule has 3 aliphatic heterocycles. The van der Waals surface area contributed by atoms with Crippen LogP contribution >= 0.6 is 0 Å². The number of hydrogen-bond acceptors (Lipinski definition) is 6. The third-order valence-electron chi connectivity index (χ3n) is 6.88. The fourth-order valence-corrected chi connectivity index (χ4v) is 7.31. The van der Waals surface area contributed by atoms with Crippen LogP contribution in [-0.4, -0.2) is 53.7 Å². The lowest BCUT2D eigenvalue weighted by Gasteiger charge is -2.47. The summed E-state index contributed by atoms with van der Waals surface area (Å²) in [5.41, 5.74) is 0.984. The summed E-state index contributed by atoms with van der Waals surface area (Å²) in [6, 6.07) is 16.9. The highest BCUT2D eigenvalue weighted by molar-refractivity contribution is 7.89. The van der Waals surface area contributed by atoms with Crippen molar-refractivity contribution in [1.29, 1.82) is 0 Å². The molecular weight excluding hydrogens is 412 g/mol. The van der Waals surface area contributed by atoms with Crippen molar-refractivity contribution in [1.82, 2.24) is 14.3 Å². The number of fused-ring (bicyclic) bond motifs is 3. The zero-order valence-corrected chi connectivity index (χ0v) is 17.9. The minimum atomic E-state index is -3.61. The van der Waals surface area contributed by atoms with E-state index in [0.29, 0.717) is 30.9 Å². The summed E-state index contributed by atoms with van der Waals surface area (Å²) in [6.45, 7) is 0.827. The summed E-state index contributed by atoms with van der Waals surface area (Å²) >= 11 is 0. The Morgan fingerprint density at radius 1 is 0.935 bits per heavy atom. The molecule has 0 saturated carbocycles. The topological polar surface area (TPSA) is 75.6 Å². The first-order valence-electron chi connectivity index (χ1n) is 10.8. The fraction of sp³-hybridized carbons (Fsp3) is 0.391. The third-order valence-corrected chi connectivity index (χ3v) is 8.84. The van der Waals surface area contributed by atoms with Crippen molar-refractivity contribution in [3.8, 4) is 0 Å². The zero-order valence-electron chi connectivity index (χ0n) is 17.1. The number of aromatic nitrogens is 2. The van der Waals surface area contributed by atoms with Crippen LogP contribution in [0.5, 0.6) is 0 Å². The normalized spacial score (nSPS) is 28.6. The number of benzene rings is 2. The molecule has 3 atom stereocenters. The van der Waals surface area contributed by atoms with E-state index in [1.54, 1.807) is 28.6 Å². The summed E-state index contributed by atoms with van der Waals surface area (Å²) in [5, 5.41) is 0. The summed E-state index contributed by atoms with van der Waals surface area (Å²) in [4.78, 5) is 12.1. The number of anilines is 1. The summed E-state index contributed by atoms with van der Waals surface area (Å²) in [7, 11) is -3.61. The fourth-order valence-electron chi connectivity index (χ4n) is 5.60. The van der Waals surface area contributed by atoms with E-state index < -0.39 is 15.7 Å². The van der Waals surface area contributed by atoms with Crippen LogP contribution in [0.1, 0.15) is 25.7 Å². The van der Waals surface area contributed by atoms with Gasteiger partial charge in [-0.3, -0.25) is 4.98 Å². The molecule has 7 nitrogen and oxygen atoms in total. The Morgan fingerprint density at radius 3 is 2.35 bits per heavy atom. The molecule has 0 aliphatic carbocycles. The monoisotopic (exact) mass is 436 g/mol. The molecule has 3 saturated heterocycles. The average molecular weight is 437 g/mol. The molecule has 4 heterocycles. The minimum Gasteiger partial charge on any atom is -0.358 e. The van der Waals surface area contributed by atoms with Gasteiger partial charge in [-0.1, -0.05) is 30.3 Å². The molecule has 160 valence electrons. The quantitative estimate of drug-likeness (QED) is 0.628. The number of rotatable bonds is 3. The molecule has 6 rings (SSSR count). The first-order chi connectivity index (χ1) is 15.1. The number of piperidine rings is 1. The lowest BCUT2D eigenvalue weighted by atomic mass is 9.93. The van der Waals surface area contributed by atoms with Gasteiger partial charge in [0.25, 0.3) is 0 Å². The summed E-state index contributed by atoms with van der Waals surface area (Å²) in [5.74, 6) is 0.872. The van der Waals surface area contributed by atoms with Gasteiger partial charge in [0.15, 0.2) is 0 Å². The summed E-state index contributed by atoms with van der Waals surface area (Å²) < 4.78 is 34.7. The molecule has 2 unspecified atom stereocenters. The maximum Gasteiger partial charge on any atom is 0.245 e. The van der Waals surface area contributed by atoms with Gasteiger partial charge in [0.05, 0.1) is 28.7 Å². The van der Waals surface area contributed by atoms with Gasteiger partial charge in [-0.05, 0) is 37.1 Å². The van der Waals surface area contributed by atoms with Crippen LogP contribution in [0.2, 0.25) is 0 Å². The molecule has 0 amide bonds. The standard InChI is InChI=1S/C23H24N4O3S/c28-31(29,19-6-2-1-3-7-19)26-12-13-30-23(26)14-17-10-11-18(15-23)27(17)22-16-24-20-8-4-5-9-21(20)25-22/h1-9,16-18H,10-15H2/t17-,18?,23?/m1/s1. The van der Waals surface area contributed by atoms with Gasteiger partial charge in [-0.2, -0.15) is 4.31 Å². The molecule has 0 radical (unpaired) electrons. The van der Waals surface area contributed by atoms with Crippen molar-refractivity contribution < 1.29 is 13.2 Å². The molecule has 31 heavy (non-hydrogen) atoms. The van der Waals surface area contributed by atoms with E-state index >= 15 is 0 Å². The minimum absolute atomic E-state index is 0.181. The smallest absolute Gasteiger partial charge is 0.245 e. The number of ether oxygens (including phenoxy) is 1. The van der Waals surface area contributed by atoms with Gasteiger partial charge in [0.2, 0.25) is 10.0 Å². The lowest BCUT2D eigenvalue weighted by Crippen LogP contribution is -2.59. The van der Waals surface area contributed by atoms with Crippen LogP contribution in [0, 0.1) is 0 Å². The van der Waals surface area contributed by atoms with Crippen LogP contribution in [0.4, 0.5) is 5.82 Å². The molecule has 8 heteroatoms. The Bertz CT molecular complexity index is 1220. The number of nitrogens with zero attached hydrogens (tertiary/aromatic N) is 4. The first kappa shape index (κ1) is 19.2. The largest absolute Gasteiger partial charge is 0.358 e. The number of para-hydroxylation sites is 2. The van der Waals surface area contributed by atoms with Gasteiger partial charge in [-0.25, -0.2) is 13.4 Å². The van der Waals surface area contributed by atoms with Crippen molar-refractivity contribution in [2.75, 3.05) is 18.1 Å². The van der Waals surface area contributed by atoms with E-state index in [1.165, 1.54) is 0 Å². The van der Waals surface area contributed by atoms with Gasteiger partial charge in [0.1, 0.15) is 11.5 Å². The van der Waals surface area contributed by atoms with Crippen LogP contribution in [-0.2, 0) is 14.8 Å². The maximum absolute atomic E-state index is 13.4. The van der Waals surface area contributed by atoms with Crippen molar-refractivity contribution in [3.63, 3.8) is 0 Å². The predicted molar refractivity (Wildman–Crippen MR) is 117 cm³/mol. The van der Waals surface area contributed by atoms with E-state index in [-0.39, 0.29) is 12.1 Å². The van der Waals surface area contributed by atoms with E-state index in [4.69, 9.17) is 9.72 Å². The van der Waals surface area contributed by atoms with Crippen molar-refractivity contribution in [2.45, 2.75) is 48.4 Å². The van der Waals surface area contributed by atoms with Crippen molar-refractivity contribution in [3.05, 3.63) is 60.8 Å². The molecule has 2 aromatic carbocycles. The van der Waals surface area contributed by atoms with E-state index in [9.17, 15) is 8.42 Å². The molecule has 2 bridgehead atoms. The molecule has 1 aromatic heterocycles. The highest BCUT2D eigenvalue weighted by Crippen LogP contribution is 2.48. The van der Waals surface area contributed by atoms with E-state index in [1.807, 2.05) is 36.5 Å². The second-order valence-corrected chi connectivity index (χ2v) is 10.5. The Labute approximate surface area is 181 Å². The predicted octanol–water partition coefficient (Wildman–Crippen LogP) is 3.18. The SMILES string of the molecule is O=S(=O)(c1ccccc1)N1CCOC12CC1CC[C@H](C2)N1c1cnc2ccccc2n1. The third kappa shape index (κ3) is 2.96. The summed E-state index contributed by atoms with van der Waals surface area (Å²) in [6.07, 6.45) is 5.14. The second-order valence-electron chi connectivity index (χ2n) is 8.60. The second kappa shape index (κ2) is 6.98. The molecule has 0 N–H and O–H groups in total. The number of hydrogen-bond donors (Lipinski definition) is 0. The first-order valence-corrected chi connectivity index (χ1v) is 12.2. The van der Waals surface area contributed by atoms with Gasteiger partial charge >= 0.3 is 0 Å². The molecule has 3 aliphatic rings. The molecule has 1 spiro atoms. The lowest BCUT2D eigenvalue weighted by molar-refractivity contribution is -0.0771. The molecule has 3 aromatic rings. The van der Waals surface area contributed by atoms with Gasteiger partial charge in [-0.15, -0.1) is 0 Å². The molecular formula is C23H24N4O3S. The van der Waals surface area contributed by atoms with Crippen LogP contribution in [0.25, 0.3) is 11.0 Å².